The van der Waals surface area contributed by atoms with Crippen molar-refractivity contribution in [2.75, 3.05) is 11.9 Å². The van der Waals surface area contributed by atoms with Crippen LogP contribution in [0.2, 0.25) is 0 Å². The lowest BCUT2D eigenvalue weighted by Gasteiger charge is -2.21. The molecule has 1 fully saturated rings. The van der Waals surface area contributed by atoms with Gasteiger partial charge in [-0.3, -0.25) is 4.79 Å². The summed E-state index contributed by atoms with van der Waals surface area (Å²) < 4.78 is 0. The van der Waals surface area contributed by atoms with Crippen LogP contribution in [0.25, 0.3) is 0 Å². The SMILES string of the molecule is Cc1ccccc1NC(=O)N(CC(=O)O)C1CC1. The molecule has 0 radical (unpaired) electrons. The van der Waals surface area contributed by atoms with Gasteiger partial charge in [0.2, 0.25) is 0 Å². The highest BCUT2D eigenvalue weighted by molar-refractivity contribution is 5.92. The average Bonchev–Trinajstić information content (AvgIpc) is 3.12. The predicted octanol–water partition coefficient (Wildman–Crippen LogP) is 2.08. The number of rotatable bonds is 4. The van der Waals surface area contributed by atoms with Gasteiger partial charge in [-0.2, -0.15) is 0 Å². The molecule has 0 heterocycles. The summed E-state index contributed by atoms with van der Waals surface area (Å²) in [5, 5.41) is 11.6. The molecule has 96 valence electrons. The molecular formula is C13H16N2O3. The van der Waals surface area contributed by atoms with Gasteiger partial charge in [-0.15, -0.1) is 0 Å². The Morgan fingerprint density at radius 1 is 1.39 bits per heavy atom. The van der Waals surface area contributed by atoms with Crippen molar-refractivity contribution in [1.29, 1.82) is 0 Å². The number of anilines is 1. The summed E-state index contributed by atoms with van der Waals surface area (Å²) in [5.74, 6) is -0.984. The molecule has 1 aliphatic carbocycles. The Labute approximate surface area is 105 Å². The molecule has 1 aromatic carbocycles. The van der Waals surface area contributed by atoms with Crippen LogP contribution in [-0.2, 0) is 4.79 Å². The minimum atomic E-state index is -0.984. The van der Waals surface area contributed by atoms with E-state index in [1.165, 1.54) is 4.90 Å². The molecule has 2 N–H and O–H groups in total. The largest absolute Gasteiger partial charge is 0.480 e. The summed E-state index contributed by atoms with van der Waals surface area (Å²) in [4.78, 5) is 24.2. The number of carboxylic acid groups (broad SMARTS) is 1. The maximum Gasteiger partial charge on any atom is 0.323 e. The summed E-state index contributed by atoms with van der Waals surface area (Å²) in [6, 6.07) is 7.16. The summed E-state index contributed by atoms with van der Waals surface area (Å²) in [5.41, 5.74) is 1.68. The van der Waals surface area contributed by atoms with Crippen molar-refractivity contribution in [3.05, 3.63) is 29.8 Å². The maximum atomic E-state index is 12.0. The molecule has 1 aliphatic rings. The average molecular weight is 248 g/mol. The van der Waals surface area contributed by atoms with E-state index < -0.39 is 5.97 Å². The highest BCUT2D eigenvalue weighted by Gasteiger charge is 2.33. The Kier molecular flexibility index (Phi) is 3.50. The Morgan fingerprint density at radius 2 is 2.06 bits per heavy atom. The number of urea groups is 1. The monoisotopic (exact) mass is 248 g/mol. The third kappa shape index (κ3) is 3.00. The molecular weight excluding hydrogens is 232 g/mol. The number of aryl methyl sites for hydroxylation is 1. The third-order valence-corrected chi connectivity index (χ3v) is 2.94. The zero-order valence-corrected chi connectivity index (χ0v) is 10.2. The van der Waals surface area contributed by atoms with Gasteiger partial charge in [-0.1, -0.05) is 18.2 Å². The van der Waals surface area contributed by atoms with Gasteiger partial charge in [-0.25, -0.2) is 4.79 Å². The number of aliphatic carboxylic acids is 1. The van der Waals surface area contributed by atoms with E-state index in [0.29, 0.717) is 0 Å². The van der Waals surface area contributed by atoms with E-state index in [9.17, 15) is 9.59 Å². The maximum absolute atomic E-state index is 12.0. The first kappa shape index (κ1) is 12.4. The number of hydrogen-bond acceptors (Lipinski definition) is 2. The van der Waals surface area contributed by atoms with Crippen molar-refractivity contribution in [3.8, 4) is 0 Å². The lowest BCUT2D eigenvalue weighted by molar-refractivity contribution is -0.137. The van der Waals surface area contributed by atoms with Gasteiger partial charge in [-0.05, 0) is 31.4 Å². The van der Waals surface area contributed by atoms with Gasteiger partial charge in [0.25, 0.3) is 0 Å². The van der Waals surface area contributed by atoms with E-state index in [4.69, 9.17) is 5.11 Å². The van der Waals surface area contributed by atoms with Crippen LogP contribution in [-0.4, -0.2) is 34.6 Å². The number of benzene rings is 1. The summed E-state index contributed by atoms with van der Waals surface area (Å²) in [6.45, 7) is 1.65. The van der Waals surface area contributed by atoms with Crippen LogP contribution in [0, 0.1) is 6.92 Å². The number of para-hydroxylation sites is 1. The number of carboxylic acids is 1. The lowest BCUT2D eigenvalue weighted by atomic mass is 10.2. The zero-order chi connectivity index (χ0) is 13.1. The molecule has 1 saturated carbocycles. The molecule has 0 unspecified atom stereocenters. The second-order valence-corrected chi connectivity index (χ2v) is 4.50. The second-order valence-electron chi connectivity index (χ2n) is 4.50. The van der Waals surface area contributed by atoms with Crippen molar-refractivity contribution in [1.82, 2.24) is 4.90 Å². The van der Waals surface area contributed by atoms with Gasteiger partial charge < -0.3 is 15.3 Å². The van der Waals surface area contributed by atoms with Gasteiger partial charge in [0.05, 0.1) is 0 Å². The molecule has 0 saturated heterocycles. The lowest BCUT2D eigenvalue weighted by Crippen LogP contribution is -2.40. The molecule has 5 nitrogen and oxygen atoms in total. The molecule has 2 amide bonds. The highest BCUT2D eigenvalue weighted by atomic mass is 16.4. The Morgan fingerprint density at radius 3 is 2.61 bits per heavy atom. The summed E-state index contributed by atoms with van der Waals surface area (Å²) >= 11 is 0. The summed E-state index contributed by atoms with van der Waals surface area (Å²) in [7, 11) is 0. The van der Waals surface area contributed by atoms with E-state index in [1.807, 2.05) is 25.1 Å². The van der Waals surface area contributed by atoms with Crippen LogP contribution in [0.15, 0.2) is 24.3 Å². The second kappa shape index (κ2) is 5.08. The minimum Gasteiger partial charge on any atom is -0.480 e. The van der Waals surface area contributed by atoms with Crippen molar-refractivity contribution in [3.63, 3.8) is 0 Å². The standard InChI is InChI=1S/C13H16N2O3/c1-9-4-2-3-5-11(9)14-13(18)15(8-12(16)17)10-6-7-10/h2-5,10H,6-8H2,1H3,(H,14,18)(H,16,17). The number of carbonyl (C=O) groups is 2. The fourth-order valence-corrected chi connectivity index (χ4v) is 1.80. The van der Waals surface area contributed by atoms with E-state index in [1.54, 1.807) is 6.07 Å². The van der Waals surface area contributed by atoms with Crippen LogP contribution < -0.4 is 5.32 Å². The fraction of sp³-hybridized carbons (Fsp3) is 0.385. The molecule has 1 aromatic rings. The van der Waals surface area contributed by atoms with Gasteiger partial charge in [0, 0.05) is 11.7 Å². The van der Waals surface area contributed by atoms with Crippen LogP contribution in [0.4, 0.5) is 10.5 Å². The van der Waals surface area contributed by atoms with Crippen molar-refractivity contribution in [2.45, 2.75) is 25.8 Å². The van der Waals surface area contributed by atoms with Gasteiger partial charge in [0.1, 0.15) is 6.54 Å². The predicted molar refractivity (Wildman–Crippen MR) is 67.6 cm³/mol. The first-order valence-electron chi connectivity index (χ1n) is 5.93. The Balaban J connectivity index is 2.05. The number of amides is 2. The normalized spacial score (nSPS) is 14.1. The number of nitrogens with zero attached hydrogens (tertiary/aromatic N) is 1. The zero-order valence-electron chi connectivity index (χ0n) is 10.2. The molecule has 2 rings (SSSR count). The van der Waals surface area contributed by atoms with Gasteiger partial charge in [0.15, 0.2) is 0 Å². The Bertz CT molecular complexity index is 469. The fourth-order valence-electron chi connectivity index (χ4n) is 1.80. The molecule has 0 aliphatic heterocycles. The van der Waals surface area contributed by atoms with Crippen LogP contribution >= 0.6 is 0 Å². The van der Waals surface area contributed by atoms with Crippen LogP contribution in [0.1, 0.15) is 18.4 Å². The number of nitrogens with one attached hydrogen (secondary N) is 1. The third-order valence-electron chi connectivity index (χ3n) is 2.94. The molecule has 5 heteroatoms. The Hall–Kier alpha value is -2.04. The van der Waals surface area contributed by atoms with Gasteiger partial charge >= 0.3 is 12.0 Å². The first-order chi connectivity index (χ1) is 8.58. The van der Waals surface area contributed by atoms with Crippen molar-refractivity contribution in [2.24, 2.45) is 0 Å². The van der Waals surface area contributed by atoms with E-state index in [-0.39, 0.29) is 18.6 Å². The first-order valence-corrected chi connectivity index (χ1v) is 5.93. The van der Waals surface area contributed by atoms with Crippen molar-refractivity contribution < 1.29 is 14.7 Å². The number of hydrogen-bond donors (Lipinski definition) is 2. The van der Waals surface area contributed by atoms with E-state index in [2.05, 4.69) is 5.32 Å². The van der Waals surface area contributed by atoms with E-state index in [0.717, 1.165) is 24.1 Å². The highest BCUT2D eigenvalue weighted by Crippen LogP contribution is 2.27. The smallest absolute Gasteiger partial charge is 0.323 e. The minimum absolute atomic E-state index is 0.0742. The quantitative estimate of drug-likeness (QED) is 0.857. The molecule has 18 heavy (non-hydrogen) atoms. The van der Waals surface area contributed by atoms with Crippen LogP contribution in [0.5, 0.6) is 0 Å². The molecule has 0 spiro atoms. The van der Waals surface area contributed by atoms with E-state index >= 15 is 0 Å². The summed E-state index contributed by atoms with van der Waals surface area (Å²) in [6.07, 6.45) is 1.77. The molecule has 0 atom stereocenters. The number of carbonyl (C=O) groups excluding carboxylic acids is 1. The molecule has 0 bridgehead atoms. The van der Waals surface area contributed by atoms with Crippen molar-refractivity contribution >= 4 is 17.7 Å². The topological polar surface area (TPSA) is 69.6 Å². The molecule has 0 aromatic heterocycles. The van der Waals surface area contributed by atoms with Crippen LogP contribution in [0.3, 0.4) is 0 Å².